The molecule has 1 aromatic heterocycles. The maximum atomic E-state index is 13.1. The standard InChI is InChI=1S/C20H23NO5/c22-17-11-19(26-18-8-2-1-7-16(17)18)20(23)21(12-14-5-3-9-24-14)13-15-6-4-10-25-15/h1-2,7-8,11,14-15H,3-6,9-10,12-13H2/t14-,15+. The highest BCUT2D eigenvalue weighted by Crippen LogP contribution is 2.20. The topological polar surface area (TPSA) is 69.0 Å². The molecule has 0 unspecified atom stereocenters. The summed E-state index contributed by atoms with van der Waals surface area (Å²) in [6.45, 7) is 2.46. The Labute approximate surface area is 151 Å². The molecule has 3 heterocycles. The summed E-state index contributed by atoms with van der Waals surface area (Å²) in [6.07, 6.45) is 3.98. The van der Waals surface area contributed by atoms with Crippen LogP contribution in [0.15, 0.2) is 39.5 Å². The summed E-state index contributed by atoms with van der Waals surface area (Å²) in [7, 11) is 0. The molecule has 1 aromatic carbocycles. The molecule has 26 heavy (non-hydrogen) atoms. The van der Waals surface area contributed by atoms with E-state index in [1.54, 1.807) is 29.2 Å². The quantitative estimate of drug-likeness (QED) is 0.823. The molecular weight excluding hydrogens is 334 g/mol. The predicted octanol–water partition coefficient (Wildman–Crippen LogP) is 2.59. The number of rotatable bonds is 5. The van der Waals surface area contributed by atoms with Crippen LogP contribution < -0.4 is 5.43 Å². The Kier molecular flexibility index (Phi) is 5.04. The zero-order chi connectivity index (χ0) is 17.9. The lowest BCUT2D eigenvalue weighted by molar-refractivity contribution is 0.0290. The summed E-state index contributed by atoms with van der Waals surface area (Å²) >= 11 is 0. The van der Waals surface area contributed by atoms with Gasteiger partial charge in [0.2, 0.25) is 0 Å². The third-order valence-corrected chi connectivity index (χ3v) is 5.03. The molecule has 2 fully saturated rings. The van der Waals surface area contributed by atoms with Crippen molar-refractivity contribution in [3.8, 4) is 0 Å². The van der Waals surface area contributed by atoms with Crippen LogP contribution >= 0.6 is 0 Å². The van der Waals surface area contributed by atoms with Gasteiger partial charge >= 0.3 is 0 Å². The Morgan fingerprint density at radius 3 is 2.31 bits per heavy atom. The molecule has 0 aliphatic carbocycles. The van der Waals surface area contributed by atoms with Gasteiger partial charge in [-0.15, -0.1) is 0 Å². The Morgan fingerprint density at radius 1 is 1.04 bits per heavy atom. The third kappa shape index (κ3) is 3.66. The maximum Gasteiger partial charge on any atom is 0.289 e. The second-order valence-electron chi connectivity index (χ2n) is 6.95. The molecule has 2 atom stereocenters. The molecule has 4 rings (SSSR count). The number of ether oxygens (including phenoxy) is 2. The van der Waals surface area contributed by atoms with E-state index in [-0.39, 0.29) is 29.3 Å². The van der Waals surface area contributed by atoms with Crippen LogP contribution in [0.5, 0.6) is 0 Å². The van der Waals surface area contributed by atoms with Crippen molar-refractivity contribution in [2.45, 2.75) is 37.9 Å². The summed E-state index contributed by atoms with van der Waals surface area (Å²) in [5, 5.41) is 0.480. The average Bonchev–Trinajstić information content (AvgIpc) is 3.34. The van der Waals surface area contributed by atoms with Gasteiger partial charge in [-0.25, -0.2) is 0 Å². The van der Waals surface area contributed by atoms with Crippen molar-refractivity contribution in [3.63, 3.8) is 0 Å². The van der Waals surface area contributed by atoms with Crippen LogP contribution in [0.1, 0.15) is 36.2 Å². The van der Waals surface area contributed by atoms with Gasteiger partial charge in [-0.3, -0.25) is 9.59 Å². The zero-order valence-electron chi connectivity index (χ0n) is 14.7. The lowest BCUT2D eigenvalue weighted by Crippen LogP contribution is -2.42. The molecule has 0 saturated carbocycles. The van der Waals surface area contributed by atoms with E-state index in [9.17, 15) is 9.59 Å². The van der Waals surface area contributed by atoms with E-state index in [4.69, 9.17) is 13.9 Å². The minimum atomic E-state index is -0.279. The van der Waals surface area contributed by atoms with Gasteiger partial charge in [0.25, 0.3) is 5.91 Å². The first-order chi connectivity index (χ1) is 12.7. The van der Waals surface area contributed by atoms with Crippen molar-refractivity contribution in [1.29, 1.82) is 0 Å². The van der Waals surface area contributed by atoms with Crippen molar-refractivity contribution in [2.24, 2.45) is 0 Å². The Morgan fingerprint density at radius 2 is 1.69 bits per heavy atom. The first kappa shape index (κ1) is 17.2. The van der Waals surface area contributed by atoms with Crippen molar-refractivity contribution in [2.75, 3.05) is 26.3 Å². The number of fused-ring (bicyclic) bond motifs is 1. The van der Waals surface area contributed by atoms with Crippen LogP contribution in [0.25, 0.3) is 11.0 Å². The molecule has 1 amide bonds. The molecule has 2 aromatic rings. The highest BCUT2D eigenvalue weighted by atomic mass is 16.5. The van der Waals surface area contributed by atoms with Gasteiger partial charge in [-0.05, 0) is 37.8 Å². The van der Waals surface area contributed by atoms with E-state index in [0.717, 1.165) is 38.9 Å². The number of benzene rings is 1. The summed E-state index contributed by atoms with van der Waals surface area (Å²) < 4.78 is 17.1. The first-order valence-corrected chi connectivity index (χ1v) is 9.26. The minimum Gasteiger partial charge on any atom is -0.451 e. The summed E-state index contributed by atoms with van der Waals surface area (Å²) in [6, 6.07) is 8.27. The maximum absolute atomic E-state index is 13.1. The summed E-state index contributed by atoms with van der Waals surface area (Å²) in [5.41, 5.74) is 0.224. The minimum absolute atomic E-state index is 0.0348. The molecule has 6 nitrogen and oxygen atoms in total. The van der Waals surface area contributed by atoms with Gasteiger partial charge in [0.05, 0.1) is 17.6 Å². The monoisotopic (exact) mass is 357 g/mol. The van der Waals surface area contributed by atoms with Gasteiger partial charge in [0.15, 0.2) is 11.2 Å². The van der Waals surface area contributed by atoms with Crippen LogP contribution in [0.2, 0.25) is 0 Å². The van der Waals surface area contributed by atoms with Crippen LogP contribution in [0, 0.1) is 0 Å². The van der Waals surface area contributed by atoms with Crippen LogP contribution in [-0.2, 0) is 9.47 Å². The van der Waals surface area contributed by atoms with Crippen LogP contribution in [0.4, 0.5) is 0 Å². The normalized spacial score (nSPS) is 22.8. The van der Waals surface area contributed by atoms with Crippen molar-refractivity contribution in [1.82, 2.24) is 4.90 Å². The third-order valence-electron chi connectivity index (χ3n) is 5.03. The van der Waals surface area contributed by atoms with E-state index in [2.05, 4.69) is 0 Å². The number of nitrogens with zero attached hydrogens (tertiary/aromatic N) is 1. The lowest BCUT2D eigenvalue weighted by Gasteiger charge is -2.27. The molecule has 0 bridgehead atoms. The van der Waals surface area contributed by atoms with Crippen molar-refractivity contribution < 1.29 is 18.7 Å². The molecule has 2 aliphatic rings. The van der Waals surface area contributed by atoms with E-state index in [1.165, 1.54) is 6.07 Å². The number of para-hydroxylation sites is 1. The molecular formula is C20H23NO5. The van der Waals surface area contributed by atoms with Gasteiger partial charge in [0.1, 0.15) is 5.58 Å². The first-order valence-electron chi connectivity index (χ1n) is 9.26. The number of carbonyl (C=O) groups is 1. The highest BCUT2D eigenvalue weighted by Gasteiger charge is 2.29. The Hall–Kier alpha value is -2.18. The second kappa shape index (κ2) is 7.60. The van der Waals surface area contributed by atoms with Crippen molar-refractivity contribution in [3.05, 3.63) is 46.3 Å². The Balaban J connectivity index is 1.60. The largest absolute Gasteiger partial charge is 0.451 e. The SMILES string of the molecule is O=C(c1cc(=O)c2ccccc2o1)N(C[C@H]1CCCO1)C[C@@H]1CCCO1. The lowest BCUT2D eigenvalue weighted by atomic mass is 10.1. The molecule has 0 spiro atoms. The molecule has 138 valence electrons. The van der Waals surface area contributed by atoms with Crippen molar-refractivity contribution >= 4 is 16.9 Å². The molecule has 0 N–H and O–H groups in total. The van der Waals surface area contributed by atoms with Gasteiger partial charge in [0, 0.05) is 32.4 Å². The number of amides is 1. The van der Waals surface area contributed by atoms with E-state index >= 15 is 0 Å². The fraction of sp³-hybridized carbons (Fsp3) is 0.500. The summed E-state index contributed by atoms with van der Waals surface area (Å²) in [4.78, 5) is 27.2. The number of hydrogen-bond donors (Lipinski definition) is 0. The van der Waals surface area contributed by atoms with E-state index in [1.807, 2.05) is 0 Å². The van der Waals surface area contributed by atoms with Gasteiger partial charge < -0.3 is 18.8 Å². The number of hydrogen-bond acceptors (Lipinski definition) is 5. The Bertz CT molecular complexity index is 815. The average molecular weight is 357 g/mol. The fourth-order valence-electron chi connectivity index (χ4n) is 3.67. The molecule has 2 saturated heterocycles. The van der Waals surface area contributed by atoms with Gasteiger partial charge in [-0.1, -0.05) is 12.1 Å². The fourth-order valence-corrected chi connectivity index (χ4v) is 3.67. The van der Waals surface area contributed by atoms with Gasteiger partial charge in [-0.2, -0.15) is 0 Å². The predicted molar refractivity (Wildman–Crippen MR) is 96.3 cm³/mol. The summed E-state index contributed by atoms with van der Waals surface area (Å²) in [5.74, 6) is -0.205. The van der Waals surface area contributed by atoms with Crippen LogP contribution in [-0.4, -0.2) is 49.3 Å². The van der Waals surface area contributed by atoms with Crippen LogP contribution in [0.3, 0.4) is 0 Å². The number of carbonyl (C=O) groups excluding carboxylic acids is 1. The molecule has 0 radical (unpaired) electrons. The highest BCUT2D eigenvalue weighted by molar-refractivity contribution is 5.93. The zero-order valence-corrected chi connectivity index (χ0v) is 14.7. The molecule has 2 aliphatic heterocycles. The van der Waals surface area contributed by atoms with E-state index in [0.29, 0.717) is 24.1 Å². The second-order valence-corrected chi connectivity index (χ2v) is 6.95. The van der Waals surface area contributed by atoms with E-state index < -0.39 is 0 Å². The smallest absolute Gasteiger partial charge is 0.289 e. The molecule has 6 heteroatoms.